The fourth-order valence-corrected chi connectivity index (χ4v) is 2.55. The molecule has 1 atom stereocenters. The number of hydrogen-bond acceptors (Lipinski definition) is 6. The highest BCUT2D eigenvalue weighted by atomic mass is 32.2. The van der Waals surface area contributed by atoms with Crippen molar-refractivity contribution in [2.75, 3.05) is 18.1 Å². The van der Waals surface area contributed by atoms with Crippen molar-refractivity contribution in [3.63, 3.8) is 0 Å². The fraction of sp³-hybridized carbons (Fsp3) is 0.500. The number of nitro groups is 1. The Kier molecular flexibility index (Phi) is 3.96. The van der Waals surface area contributed by atoms with Crippen LogP contribution in [0.4, 0.5) is 11.4 Å². The van der Waals surface area contributed by atoms with E-state index in [1.165, 1.54) is 12.1 Å². The smallest absolute Gasteiger partial charge is 0.293 e. The van der Waals surface area contributed by atoms with E-state index >= 15 is 0 Å². The summed E-state index contributed by atoms with van der Waals surface area (Å²) in [5.41, 5.74) is -0.0991. The van der Waals surface area contributed by atoms with Gasteiger partial charge in [-0.1, -0.05) is 0 Å². The zero-order valence-corrected chi connectivity index (χ0v) is 11.8. The second-order valence-electron chi connectivity index (χ2n) is 4.99. The molecule has 0 spiro atoms. The zero-order chi connectivity index (χ0) is 14.9. The van der Waals surface area contributed by atoms with Gasteiger partial charge in [-0.15, -0.1) is 0 Å². The number of nitrogens with one attached hydrogen (secondary N) is 1. The molecule has 2 N–H and O–H groups in total. The van der Waals surface area contributed by atoms with Crippen LogP contribution in [0.1, 0.15) is 12.8 Å². The molecular formula is C12H16N2O5S. The highest BCUT2D eigenvalue weighted by Crippen LogP contribution is 2.33. The average Bonchev–Trinajstić information content (AvgIpc) is 3.18. The summed E-state index contributed by atoms with van der Waals surface area (Å²) >= 11 is 0. The summed E-state index contributed by atoms with van der Waals surface area (Å²) < 4.78 is 22.8. The van der Waals surface area contributed by atoms with Crippen molar-refractivity contribution >= 4 is 21.2 Å². The molecule has 1 aliphatic carbocycles. The van der Waals surface area contributed by atoms with Crippen molar-refractivity contribution < 1.29 is 18.4 Å². The van der Waals surface area contributed by atoms with Crippen LogP contribution in [0, 0.1) is 16.0 Å². The number of nitro benzene ring substituents is 1. The second kappa shape index (κ2) is 5.37. The van der Waals surface area contributed by atoms with Gasteiger partial charge in [0.25, 0.3) is 5.69 Å². The normalized spacial score (nSPS) is 16.7. The van der Waals surface area contributed by atoms with E-state index in [0.717, 1.165) is 25.2 Å². The molecule has 0 aromatic heterocycles. The Balaban J connectivity index is 2.21. The Bertz CT molecular complexity index is 625. The van der Waals surface area contributed by atoms with E-state index in [4.69, 9.17) is 0 Å². The second-order valence-corrected chi connectivity index (χ2v) is 7.01. The zero-order valence-electron chi connectivity index (χ0n) is 10.9. The minimum absolute atomic E-state index is 0.0995. The molecule has 0 heterocycles. The minimum Gasteiger partial charge on any atom is -0.391 e. The van der Waals surface area contributed by atoms with E-state index in [9.17, 15) is 23.6 Å². The first-order valence-corrected chi connectivity index (χ1v) is 8.08. The molecule has 1 aromatic carbocycles. The monoisotopic (exact) mass is 300 g/mol. The number of anilines is 1. The standard InChI is InChI=1S/C12H16N2O5S/c1-20(18,19)9-4-5-10(11(6-9)14(16)17)13-7-12(15)8-2-3-8/h4-6,8,12-13,15H,2-3,7H2,1H3. The molecule has 0 bridgehead atoms. The number of benzene rings is 1. The van der Waals surface area contributed by atoms with Gasteiger partial charge in [0.15, 0.2) is 9.84 Å². The highest BCUT2D eigenvalue weighted by molar-refractivity contribution is 7.90. The number of aliphatic hydroxyl groups is 1. The van der Waals surface area contributed by atoms with Crippen LogP contribution in [-0.2, 0) is 9.84 Å². The van der Waals surface area contributed by atoms with Crippen LogP contribution < -0.4 is 5.32 Å². The lowest BCUT2D eigenvalue weighted by Gasteiger charge is -2.12. The molecule has 1 saturated carbocycles. The Morgan fingerprint density at radius 2 is 2.15 bits per heavy atom. The van der Waals surface area contributed by atoms with Gasteiger partial charge < -0.3 is 10.4 Å². The molecule has 110 valence electrons. The third kappa shape index (κ3) is 3.45. The minimum atomic E-state index is -3.49. The topological polar surface area (TPSA) is 110 Å². The molecule has 1 unspecified atom stereocenters. The quantitative estimate of drug-likeness (QED) is 0.603. The molecule has 2 rings (SSSR count). The van der Waals surface area contributed by atoms with Crippen LogP contribution in [0.15, 0.2) is 23.1 Å². The van der Waals surface area contributed by atoms with Crippen molar-refractivity contribution in [1.82, 2.24) is 0 Å². The van der Waals surface area contributed by atoms with E-state index in [1.54, 1.807) is 0 Å². The summed E-state index contributed by atoms with van der Waals surface area (Å²) in [5, 5.41) is 23.5. The number of rotatable bonds is 6. The maximum atomic E-state index is 11.4. The molecule has 0 saturated heterocycles. The van der Waals surface area contributed by atoms with Crippen molar-refractivity contribution in [3.8, 4) is 0 Å². The molecular weight excluding hydrogens is 284 g/mol. The highest BCUT2D eigenvalue weighted by Gasteiger charge is 2.30. The van der Waals surface area contributed by atoms with Gasteiger partial charge in [-0.3, -0.25) is 10.1 Å². The Morgan fingerprint density at radius 3 is 2.65 bits per heavy atom. The molecule has 7 nitrogen and oxygen atoms in total. The summed E-state index contributed by atoms with van der Waals surface area (Å²) in [6.07, 6.45) is 2.40. The van der Waals surface area contributed by atoms with E-state index < -0.39 is 20.9 Å². The van der Waals surface area contributed by atoms with Gasteiger partial charge in [-0.25, -0.2) is 8.42 Å². The maximum Gasteiger partial charge on any atom is 0.293 e. The SMILES string of the molecule is CS(=O)(=O)c1ccc(NCC(O)C2CC2)c([N+](=O)[O-])c1. The number of sulfone groups is 1. The first kappa shape index (κ1) is 14.7. The summed E-state index contributed by atoms with van der Waals surface area (Å²) in [5.74, 6) is 0.261. The predicted octanol–water partition coefficient (Wildman–Crippen LogP) is 1.18. The lowest BCUT2D eigenvalue weighted by Crippen LogP contribution is -2.21. The Hall–Kier alpha value is -1.67. The van der Waals surface area contributed by atoms with Gasteiger partial charge in [0.2, 0.25) is 0 Å². The first-order chi connectivity index (χ1) is 9.29. The van der Waals surface area contributed by atoms with Gasteiger partial charge in [0, 0.05) is 18.9 Å². The van der Waals surface area contributed by atoms with Crippen molar-refractivity contribution in [3.05, 3.63) is 28.3 Å². The van der Waals surface area contributed by atoms with Gasteiger partial charge in [0.05, 0.1) is 15.9 Å². The third-order valence-corrected chi connectivity index (χ3v) is 4.37. The molecule has 1 aliphatic rings. The largest absolute Gasteiger partial charge is 0.391 e. The van der Waals surface area contributed by atoms with Crippen LogP contribution in [0.2, 0.25) is 0 Å². The van der Waals surface area contributed by atoms with Crippen molar-refractivity contribution in [1.29, 1.82) is 0 Å². The van der Waals surface area contributed by atoms with E-state index in [2.05, 4.69) is 5.32 Å². The number of nitrogens with zero attached hydrogens (tertiary/aromatic N) is 1. The molecule has 0 radical (unpaired) electrons. The fourth-order valence-electron chi connectivity index (χ4n) is 1.90. The summed E-state index contributed by atoms with van der Waals surface area (Å²) in [6.45, 7) is 0.212. The van der Waals surface area contributed by atoms with E-state index in [-0.39, 0.29) is 28.7 Å². The predicted molar refractivity (Wildman–Crippen MR) is 73.4 cm³/mol. The molecule has 20 heavy (non-hydrogen) atoms. The van der Waals surface area contributed by atoms with Gasteiger partial charge in [-0.05, 0) is 30.9 Å². The van der Waals surface area contributed by atoms with E-state index in [0.29, 0.717) is 0 Å². The number of hydrogen-bond donors (Lipinski definition) is 2. The van der Waals surface area contributed by atoms with Crippen LogP contribution >= 0.6 is 0 Å². The first-order valence-electron chi connectivity index (χ1n) is 6.19. The lowest BCUT2D eigenvalue weighted by atomic mass is 10.2. The summed E-state index contributed by atoms with van der Waals surface area (Å²) in [6, 6.07) is 3.70. The maximum absolute atomic E-state index is 11.4. The lowest BCUT2D eigenvalue weighted by molar-refractivity contribution is -0.384. The molecule has 0 aliphatic heterocycles. The van der Waals surface area contributed by atoms with E-state index in [1.807, 2.05) is 0 Å². The van der Waals surface area contributed by atoms with Crippen LogP contribution in [0.25, 0.3) is 0 Å². The van der Waals surface area contributed by atoms with Crippen LogP contribution in [-0.4, -0.2) is 37.4 Å². The van der Waals surface area contributed by atoms with Gasteiger partial charge in [0.1, 0.15) is 5.69 Å². The molecule has 1 fully saturated rings. The number of aliphatic hydroxyl groups excluding tert-OH is 1. The van der Waals surface area contributed by atoms with Gasteiger partial charge in [-0.2, -0.15) is 0 Å². The summed E-state index contributed by atoms with van der Waals surface area (Å²) in [7, 11) is -3.49. The summed E-state index contributed by atoms with van der Waals surface area (Å²) in [4.78, 5) is 10.3. The third-order valence-electron chi connectivity index (χ3n) is 3.26. The molecule has 8 heteroatoms. The van der Waals surface area contributed by atoms with Crippen molar-refractivity contribution in [2.24, 2.45) is 5.92 Å². The molecule has 1 aromatic rings. The Labute approximate surface area is 116 Å². The van der Waals surface area contributed by atoms with Crippen LogP contribution in [0.3, 0.4) is 0 Å². The average molecular weight is 300 g/mol. The molecule has 0 amide bonds. The van der Waals surface area contributed by atoms with Crippen LogP contribution in [0.5, 0.6) is 0 Å². The van der Waals surface area contributed by atoms with Gasteiger partial charge >= 0.3 is 0 Å². The van der Waals surface area contributed by atoms with Crippen molar-refractivity contribution in [2.45, 2.75) is 23.8 Å². The Morgan fingerprint density at radius 1 is 1.50 bits per heavy atom.